The summed E-state index contributed by atoms with van der Waals surface area (Å²) in [4.78, 5) is 6.88. The first-order chi connectivity index (χ1) is 11.5. The SMILES string of the molecule is C[C@H]1c2[nH]c3ccccc3c2CCN1S(=O)(=O)c1cncc(F)c1. The fourth-order valence-electron chi connectivity index (χ4n) is 3.40. The molecule has 1 aliphatic heterocycles. The molecule has 2 aromatic heterocycles. The van der Waals surface area contributed by atoms with E-state index < -0.39 is 15.8 Å². The number of pyridine rings is 1. The van der Waals surface area contributed by atoms with Gasteiger partial charge in [-0.2, -0.15) is 4.31 Å². The second kappa shape index (κ2) is 5.39. The molecule has 24 heavy (non-hydrogen) atoms. The highest BCUT2D eigenvalue weighted by molar-refractivity contribution is 7.89. The summed E-state index contributed by atoms with van der Waals surface area (Å²) in [6, 6.07) is 8.60. The molecule has 1 atom stereocenters. The molecule has 0 spiro atoms. The largest absolute Gasteiger partial charge is 0.357 e. The third-order valence-electron chi connectivity index (χ3n) is 4.56. The predicted octanol–water partition coefficient (Wildman–Crippen LogP) is 3.01. The van der Waals surface area contributed by atoms with Gasteiger partial charge in [-0.25, -0.2) is 12.8 Å². The van der Waals surface area contributed by atoms with Crippen LogP contribution in [0.25, 0.3) is 10.9 Å². The summed E-state index contributed by atoms with van der Waals surface area (Å²) < 4.78 is 40.6. The monoisotopic (exact) mass is 345 g/mol. The van der Waals surface area contributed by atoms with Gasteiger partial charge in [-0.05, 0) is 31.0 Å². The maximum atomic E-state index is 13.4. The number of nitrogens with zero attached hydrogens (tertiary/aromatic N) is 2. The molecule has 4 rings (SSSR count). The van der Waals surface area contributed by atoms with Crippen LogP contribution in [0.3, 0.4) is 0 Å². The van der Waals surface area contributed by atoms with Crippen molar-refractivity contribution >= 4 is 20.9 Å². The van der Waals surface area contributed by atoms with Gasteiger partial charge in [0.2, 0.25) is 10.0 Å². The summed E-state index contributed by atoms with van der Waals surface area (Å²) in [5.41, 5.74) is 3.05. The Morgan fingerprint density at radius 1 is 1.29 bits per heavy atom. The van der Waals surface area contributed by atoms with E-state index in [-0.39, 0.29) is 10.9 Å². The van der Waals surface area contributed by atoms with Gasteiger partial charge in [0.15, 0.2) is 0 Å². The van der Waals surface area contributed by atoms with Crippen molar-refractivity contribution in [2.24, 2.45) is 0 Å². The summed E-state index contributed by atoms with van der Waals surface area (Å²) in [7, 11) is -3.80. The number of para-hydroxylation sites is 1. The van der Waals surface area contributed by atoms with Crippen LogP contribution in [0.1, 0.15) is 24.2 Å². The second-order valence-electron chi connectivity index (χ2n) is 5.94. The van der Waals surface area contributed by atoms with Crippen molar-refractivity contribution in [3.05, 3.63) is 59.8 Å². The minimum absolute atomic E-state index is 0.117. The minimum Gasteiger partial charge on any atom is -0.357 e. The molecule has 1 aromatic carbocycles. The van der Waals surface area contributed by atoms with Gasteiger partial charge in [-0.15, -0.1) is 0 Å². The molecule has 1 aliphatic rings. The van der Waals surface area contributed by atoms with Crippen LogP contribution >= 0.6 is 0 Å². The molecule has 0 unspecified atom stereocenters. The van der Waals surface area contributed by atoms with Crippen LogP contribution in [0.2, 0.25) is 0 Å². The predicted molar refractivity (Wildman–Crippen MR) is 88.5 cm³/mol. The van der Waals surface area contributed by atoms with Crippen LogP contribution < -0.4 is 0 Å². The fourth-order valence-corrected chi connectivity index (χ4v) is 4.98. The molecular weight excluding hydrogens is 329 g/mol. The standard InChI is InChI=1S/C17H16FN3O2S/c1-11-17-15(14-4-2-3-5-16(14)20-17)6-7-21(11)24(22,23)13-8-12(18)9-19-10-13/h2-5,8-11,20H,6-7H2,1H3/t11-/m0/s1. The smallest absolute Gasteiger partial charge is 0.245 e. The molecule has 3 aromatic rings. The highest BCUT2D eigenvalue weighted by Crippen LogP contribution is 2.36. The van der Waals surface area contributed by atoms with Gasteiger partial charge in [-0.3, -0.25) is 4.98 Å². The maximum Gasteiger partial charge on any atom is 0.245 e. The van der Waals surface area contributed by atoms with E-state index in [0.717, 1.165) is 34.4 Å². The Bertz CT molecular complexity index is 1030. The lowest BCUT2D eigenvalue weighted by molar-refractivity contribution is 0.322. The van der Waals surface area contributed by atoms with Crippen molar-refractivity contribution in [2.75, 3.05) is 6.54 Å². The first-order valence-electron chi connectivity index (χ1n) is 7.70. The number of hydrogen-bond acceptors (Lipinski definition) is 3. The number of H-pyrrole nitrogens is 1. The van der Waals surface area contributed by atoms with Crippen molar-refractivity contribution in [3.8, 4) is 0 Å². The van der Waals surface area contributed by atoms with Crippen molar-refractivity contribution in [1.82, 2.24) is 14.3 Å². The number of halogens is 1. The summed E-state index contributed by atoms with van der Waals surface area (Å²) >= 11 is 0. The number of aromatic nitrogens is 2. The molecule has 0 fully saturated rings. The number of nitrogens with one attached hydrogen (secondary N) is 1. The number of rotatable bonds is 2. The van der Waals surface area contributed by atoms with Crippen LogP contribution in [0.5, 0.6) is 0 Å². The van der Waals surface area contributed by atoms with Crippen molar-refractivity contribution in [1.29, 1.82) is 0 Å². The quantitative estimate of drug-likeness (QED) is 0.776. The van der Waals surface area contributed by atoms with Crippen LogP contribution in [0.15, 0.2) is 47.6 Å². The number of fused-ring (bicyclic) bond motifs is 3. The lowest BCUT2D eigenvalue weighted by atomic mass is 10.0. The van der Waals surface area contributed by atoms with E-state index in [2.05, 4.69) is 9.97 Å². The Kier molecular flexibility index (Phi) is 3.43. The molecule has 3 heterocycles. The Labute approximate surface area is 139 Å². The van der Waals surface area contributed by atoms with E-state index in [1.807, 2.05) is 31.2 Å². The number of sulfonamides is 1. The summed E-state index contributed by atoms with van der Waals surface area (Å²) in [6.07, 6.45) is 2.80. The van der Waals surface area contributed by atoms with E-state index >= 15 is 0 Å². The van der Waals surface area contributed by atoms with Gasteiger partial charge in [0.25, 0.3) is 0 Å². The van der Waals surface area contributed by atoms with Crippen molar-refractivity contribution in [3.63, 3.8) is 0 Å². The summed E-state index contributed by atoms with van der Waals surface area (Å²) in [5.74, 6) is -0.660. The van der Waals surface area contributed by atoms with Crippen LogP contribution in [-0.2, 0) is 16.4 Å². The highest BCUT2D eigenvalue weighted by Gasteiger charge is 2.36. The van der Waals surface area contributed by atoms with Crippen LogP contribution in [0.4, 0.5) is 4.39 Å². The van der Waals surface area contributed by atoms with E-state index in [1.165, 1.54) is 10.5 Å². The zero-order valence-corrected chi connectivity index (χ0v) is 13.8. The number of benzene rings is 1. The third kappa shape index (κ3) is 2.23. The summed E-state index contributed by atoms with van der Waals surface area (Å²) in [5, 5.41) is 1.13. The zero-order valence-electron chi connectivity index (χ0n) is 13.0. The van der Waals surface area contributed by atoms with Gasteiger partial charge in [0, 0.05) is 29.3 Å². The molecule has 124 valence electrons. The molecule has 5 nitrogen and oxygen atoms in total. The first-order valence-corrected chi connectivity index (χ1v) is 9.14. The van der Waals surface area contributed by atoms with E-state index in [9.17, 15) is 12.8 Å². The van der Waals surface area contributed by atoms with Gasteiger partial charge in [0.1, 0.15) is 10.7 Å². The van der Waals surface area contributed by atoms with Gasteiger partial charge < -0.3 is 4.98 Å². The van der Waals surface area contributed by atoms with Crippen LogP contribution in [0, 0.1) is 5.82 Å². The Balaban J connectivity index is 1.79. The average molecular weight is 345 g/mol. The van der Waals surface area contributed by atoms with Crippen LogP contribution in [-0.4, -0.2) is 29.2 Å². The second-order valence-corrected chi connectivity index (χ2v) is 7.83. The van der Waals surface area contributed by atoms with E-state index in [4.69, 9.17) is 0 Å². The topological polar surface area (TPSA) is 66.1 Å². The molecule has 7 heteroatoms. The summed E-state index contributed by atoms with van der Waals surface area (Å²) in [6.45, 7) is 2.20. The van der Waals surface area contributed by atoms with E-state index in [0.29, 0.717) is 13.0 Å². The number of aromatic amines is 1. The minimum atomic E-state index is -3.80. The molecule has 0 saturated heterocycles. The lowest BCUT2D eigenvalue weighted by Gasteiger charge is -2.32. The Morgan fingerprint density at radius 2 is 2.08 bits per heavy atom. The lowest BCUT2D eigenvalue weighted by Crippen LogP contribution is -2.38. The molecular formula is C17H16FN3O2S. The van der Waals surface area contributed by atoms with Gasteiger partial charge in [0.05, 0.1) is 12.2 Å². The zero-order chi connectivity index (χ0) is 16.9. The molecule has 0 bridgehead atoms. The Morgan fingerprint density at radius 3 is 2.88 bits per heavy atom. The first kappa shape index (κ1) is 15.3. The molecule has 0 saturated carbocycles. The Hall–Kier alpha value is -2.25. The number of hydrogen-bond donors (Lipinski definition) is 1. The highest BCUT2D eigenvalue weighted by atomic mass is 32.2. The molecule has 0 radical (unpaired) electrons. The van der Waals surface area contributed by atoms with Gasteiger partial charge in [-0.1, -0.05) is 18.2 Å². The molecule has 0 aliphatic carbocycles. The van der Waals surface area contributed by atoms with Crippen molar-refractivity contribution in [2.45, 2.75) is 24.3 Å². The van der Waals surface area contributed by atoms with E-state index in [1.54, 1.807) is 0 Å². The molecule has 1 N–H and O–H groups in total. The maximum absolute atomic E-state index is 13.4. The third-order valence-corrected chi connectivity index (χ3v) is 6.50. The normalized spacial score (nSPS) is 18.7. The molecule has 0 amide bonds. The van der Waals surface area contributed by atoms with Gasteiger partial charge >= 0.3 is 0 Å². The fraction of sp³-hybridized carbons (Fsp3) is 0.235. The van der Waals surface area contributed by atoms with Crippen molar-refractivity contribution < 1.29 is 12.8 Å². The average Bonchev–Trinajstić information content (AvgIpc) is 2.95.